The predicted octanol–water partition coefficient (Wildman–Crippen LogP) is 1.32. The summed E-state index contributed by atoms with van der Waals surface area (Å²) < 4.78 is 4.20. The summed E-state index contributed by atoms with van der Waals surface area (Å²) in [6.45, 7) is 2.10. The number of aryl methyl sites for hydroxylation is 2. The zero-order chi connectivity index (χ0) is 19.7. The van der Waals surface area contributed by atoms with Gasteiger partial charge in [-0.05, 0) is 31.0 Å². The number of aliphatic hydroxyl groups is 1. The third kappa shape index (κ3) is 3.63. The highest BCUT2D eigenvalue weighted by Crippen LogP contribution is 2.15. The fourth-order valence-electron chi connectivity index (χ4n) is 2.97. The first-order chi connectivity index (χ1) is 12.8. The van der Waals surface area contributed by atoms with Crippen molar-refractivity contribution >= 4 is 28.7 Å². The second-order valence-electron chi connectivity index (χ2n) is 6.58. The summed E-state index contributed by atoms with van der Waals surface area (Å²) in [6.07, 6.45) is 0.545. The number of benzene rings is 1. The number of hydrogen-bond acceptors (Lipinski definition) is 5. The maximum Gasteiger partial charge on any atom is 0.332 e. The van der Waals surface area contributed by atoms with Gasteiger partial charge in [0.2, 0.25) is 5.95 Å². The van der Waals surface area contributed by atoms with Crippen molar-refractivity contribution in [1.29, 1.82) is 0 Å². The summed E-state index contributed by atoms with van der Waals surface area (Å²) >= 11 is 5.90. The first-order valence-corrected chi connectivity index (χ1v) is 8.99. The molecule has 1 atom stereocenters. The maximum absolute atomic E-state index is 13.0. The molecular weight excluding hydrogens is 370 g/mol. The Kier molecular flexibility index (Phi) is 5.38. The molecule has 0 radical (unpaired) electrons. The van der Waals surface area contributed by atoms with Crippen molar-refractivity contribution in [3.05, 3.63) is 55.7 Å². The third-order valence-electron chi connectivity index (χ3n) is 4.55. The molecule has 9 heteroatoms. The van der Waals surface area contributed by atoms with Crippen LogP contribution in [0.3, 0.4) is 0 Å². The van der Waals surface area contributed by atoms with E-state index in [2.05, 4.69) is 10.3 Å². The summed E-state index contributed by atoms with van der Waals surface area (Å²) in [4.78, 5) is 30.1. The van der Waals surface area contributed by atoms with Crippen LogP contribution in [0.15, 0.2) is 33.9 Å². The monoisotopic (exact) mass is 391 g/mol. The normalized spacial score (nSPS) is 12.5. The minimum absolute atomic E-state index is 0.0289. The summed E-state index contributed by atoms with van der Waals surface area (Å²) in [6, 6.07) is 6.98. The Hall–Kier alpha value is -2.58. The van der Waals surface area contributed by atoms with E-state index in [1.807, 2.05) is 6.92 Å². The van der Waals surface area contributed by atoms with Crippen LogP contribution in [-0.4, -0.2) is 36.4 Å². The van der Waals surface area contributed by atoms with E-state index in [1.54, 1.807) is 42.9 Å². The van der Waals surface area contributed by atoms with Crippen molar-refractivity contribution in [2.75, 3.05) is 11.9 Å². The van der Waals surface area contributed by atoms with E-state index in [4.69, 9.17) is 16.7 Å². The van der Waals surface area contributed by atoms with Crippen molar-refractivity contribution in [1.82, 2.24) is 18.7 Å². The van der Waals surface area contributed by atoms with Crippen LogP contribution in [0.25, 0.3) is 11.2 Å². The summed E-state index contributed by atoms with van der Waals surface area (Å²) in [5.41, 5.74) is 0.620. The second-order valence-corrected chi connectivity index (χ2v) is 7.02. The Morgan fingerprint density at radius 3 is 2.48 bits per heavy atom. The molecule has 8 nitrogen and oxygen atoms in total. The Bertz CT molecular complexity index is 1080. The lowest BCUT2D eigenvalue weighted by Crippen LogP contribution is -2.39. The molecule has 1 aromatic carbocycles. The zero-order valence-corrected chi connectivity index (χ0v) is 16.2. The van der Waals surface area contributed by atoms with E-state index in [9.17, 15) is 9.59 Å². The van der Waals surface area contributed by atoms with Crippen molar-refractivity contribution in [2.24, 2.45) is 14.1 Å². The number of halogens is 1. The number of nitrogens with one attached hydrogen (secondary N) is 1. The Morgan fingerprint density at radius 1 is 1.19 bits per heavy atom. The van der Waals surface area contributed by atoms with Crippen LogP contribution in [0.2, 0.25) is 5.02 Å². The molecule has 0 aliphatic carbocycles. The topological polar surface area (TPSA) is 94.1 Å². The molecule has 3 rings (SSSR count). The molecule has 27 heavy (non-hydrogen) atoms. The average molecular weight is 392 g/mol. The highest BCUT2D eigenvalue weighted by Gasteiger charge is 2.19. The van der Waals surface area contributed by atoms with Gasteiger partial charge >= 0.3 is 5.69 Å². The molecule has 0 aliphatic heterocycles. The highest BCUT2D eigenvalue weighted by atomic mass is 35.5. The zero-order valence-electron chi connectivity index (χ0n) is 15.4. The first-order valence-electron chi connectivity index (χ1n) is 8.61. The molecule has 0 bridgehead atoms. The second kappa shape index (κ2) is 7.58. The Labute approximate surface area is 160 Å². The van der Waals surface area contributed by atoms with Crippen molar-refractivity contribution in [3.8, 4) is 0 Å². The van der Waals surface area contributed by atoms with Crippen LogP contribution in [0, 0.1) is 0 Å². The number of nitrogens with zero attached hydrogens (tertiary/aromatic N) is 4. The van der Waals surface area contributed by atoms with Crippen LogP contribution in [0.1, 0.15) is 18.9 Å². The van der Waals surface area contributed by atoms with Gasteiger partial charge in [0.1, 0.15) is 0 Å². The lowest BCUT2D eigenvalue weighted by Gasteiger charge is -2.12. The summed E-state index contributed by atoms with van der Waals surface area (Å²) in [7, 11) is 3.32. The standard InChI is InChI=1S/C18H22ClN5O3/c1-11(8-9-25)20-17-21-15-14(22(17)2)16(26)24(18(27)23(15)3)10-12-4-6-13(19)7-5-12/h4-7,11,25H,8-10H2,1-3H3,(H,20,21)/t11-/m1/s1. The smallest absolute Gasteiger partial charge is 0.332 e. The largest absolute Gasteiger partial charge is 0.396 e. The number of imidazole rings is 1. The van der Waals surface area contributed by atoms with Crippen LogP contribution in [-0.2, 0) is 20.6 Å². The van der Waals surface area contributed by atoms with E-state index in [1.165, 1.54) is 9.13 Å². The quantitative estimate of drug-likeness (QED) is 0.661. The molecule has 0 spiro atoms. The van der Waals surface area contributed by atoms with Gasteiger partial charge in [0.15, 0.2) is 11.2 Å². The van der Waals surface area contributed by atoms with Gasteiger partial charge in [-0.3, -0.25) is 13.9 Å². The Morgan fingerprint density at radius 2 is 1.85 bits per heavy atom. The van der Waals surface area contributed by atoms with Gasteiger partial charge in [0.05, 0.1) is 6.54 Å². The average Bonchev–Trinajstić information content (AvgIpc) is 2.95. The van der Waals surface area contributed by atoms with Crippen LogP contribution in [0.5, 0.6) is 0 Å². The maximum atomic E-state index is 13.0. The van der Waals surface area contributed by atoms with E-state index < -0.39 is 11.2 Å². The number of hydrogen-bond donors (Lipinski definition) is 2. The van der Waals surface area contributed by atoms with E-state index >= 15 is 0 Å². The van der Waals surface area contributed by atoms with Crippen LogP contribution >= 0.6 is 11.6 Å². The van der Waals surface area contributed by atoms with Gasteiger partial charge in [-0.25, -0.2) is 4.79 Å². The molecule has 0 saturated carbocycles. The van der Waals surface area contributed by atoms with E-state index in [0.717, 1.165) is 5.56 Å². The minimum atomic E-state index is -0.435. The van der Waals surface area contributed by atoms with Gasteiger partial charge in [-0.2, -0.15) is 4.98 Å². The van der Waals surface area contributed by atoms with Gasteiger partial charge in [-0.15, -0.1) is 0 Å². The number of aliphatic hydroxyl groups excluding tert-OH is 1. The van der Waals surface area contributed by atoms with Crippen molar-refractivity contribution in [2.45, 2.75) is 25.9 Å². The Balaban J connectivity index is 2.11. The lowest BCUT2D eigenvalue weighted by molar-refractivity contribution is 0.282. The molecule has 0 saturated heterocycles. The molecule has 144 valence electrons. The summed E-state index contributed by atoms with van der Waals surface area (Å²) in [5, 5.41) is 12.8. The summed E-state index contributed by atoms with van der Waals surface area (Å²) in [5.74, 6) is 0.474. The molecule has 2 heterocycles. The van der Waals surface area contributed by atoms with Gasteiger partial charge < -0.3 is 15.0 Å². The number of rotatable bonds is 6. The molecule has 0 amide bonds. The van der Waals surface area contributed by atoms with E-state index in [-0.39, 0.29) is 19.2 Å². The van der Waals surface area contributed by atoms with Crippen LogP contribution < -0.4 is 16.6 Å². The van der Waals surface area contributed by atoms with Crippen molar-refractivity contribution in [3.63, 3.8) is 0 Å². The van der Waals surface area contributed by atoms with E-state index in [0.29, 0.717) is 28.6 Å². The molecule has 2 N–H and O–H groups in total. The third-order valence-corrected chi connectivity index (χ3v) is 4.80. The SMILES string of the molecule is C[C@H](CCO)Nc1nc2c(c(=O)n(Cc3ccc(Cl)cc3)c(=O)n2C)n1C. The van der Waals surface area contributed by atoms with Gasteiger partial charge in [-0.1, -0.05) is 23.7 Å². The predicted molar refractivity (Wildman–Crippen MR) is 106 cm³/mol. The molecule has 0 aliphatic rings. The van der Waals surface area contributed by atoms with Gasteiger partial charge in [0.25, 0.3) is 5.56 Å². The lowest BCUT2D eigenvalue weighted by atomic mass is 10.2. The minimum Gasteiger partial charge on any atom is -0.396 e. The number of anilines is 1. The molecule has 3 aromatic rings. The highest BCUT2D eigenvalue weighted by molar-refractivity contribution is 6.30. The molecule has 0 fully saturated rings. The molecular formula is C18H22ClN5O3. The molecule has 0 unspecified atom stereocenters. The molecule has 2 aromatic heterocycles. The fourth-order valence-corrected chi connectivity index (χ4v) is 3.10. The van der Waals surface area contributed by atoms with Gasteiger partial charge in [0, 0.05) is 31.8 Å². The fraction of sp³-hybridized carbons (Fsp3) is 0.389. The number of fused-ring (bicyclic) bond motifs is 1. The van der Waals surface area contributed by atoms with Crippen LogP contribution in [0.4, 0.5) is 5.95 Å². The van der Waals surface area contributed by atoms with Crippen molar-refractivity contribution < 1.29 is 5.11 Å². The first kappa shape index (κ1) is 19.2. The number of aromatic nitrogens is 4.